The van der Waals surface area contributed by atoms with E-state index >= 15 is 0 Å². The Morgan fingerprint density at radius 2 is 1.76 bits per heavy atom. The van der Waals surface area contributed by atoms with Crippen molar-refractivity contribution in [2.75, 3.05) is 29.9 Å². The molecule has 0 aliphatic rings. The van der Waals surface area contributed by atoms with Crippen LogP contribution in [0.3, 0.4) is 0 Å². The Balaban J connectivity index is 2.41. The van der Waals surface area contributed by atoms with E-state index in [4.69, 9.17) is 5.11 Å². The molecular weight excluding hydrogens is 270 g/mol. The number of carbonyl (C=O) groups is 2. The van der Waals surface area contributed by atoms with Gasteiger partial charge in [0.25, 0.3) is 0 Å². The first-order valence-corrected chi connectivity index (χ1v) is 7.18. The minimum absolute atomic E-state index is 0.0544. The maximum atomic E-state index is 11.6. The summed E-state index contributed by atoms with van der Waals surface area (Å²) in [5.41, 5.74) is 1.83. The molecule has 0 aromatic heterocycles. The van der Waals surface area contributed by atoms with Gasteiger partial charge in [0, 0.05) is 37.4 Å². The van der Waals surface area contributed by atoms with Crippen LogP contribution in [0.15, 0.2) is 24.3 Å². The van der Waals surface area contributed by atoms with Gasteiger partial charge in [0.1, 0.15) is 0 Å². The number of urea groups is 1. The van der Waals surface area contributed by atoms with Gasteiger partial charge in [0.15, 0.2) is 0 Å². The highest BCUT2D eigenvalue weighted by Gasteiger charge is 2.04. The van der Waals surface area contributed by atoms with E-state index in [0.717, 1.165) is 18.8 Å². The quantitative estimate of drug-likeness (QED) is 0.643. The Morgan fingerprint density at radius 3 is 2.29 bits per heavy atom. The normalized spacial score (nSPS) is 10.0. The Labute approximate surface area is 125 Å². The molecule has 0 spiro atoms. The lowest BCUT2D eigenvalue weighted by atomic mass is 10.2. The molecule has 1 rings (SSSR count). The molecular formula is C15H23N3O3. The summed E-state index contributed by atoms with van der Waals surface area (Å²) >= 11 is 0. The molecule has 0 aliphatic heterocycles. The molecule has 116 valence electrons. The van der Waals surface area contributed by atoms with Crippen LogP contribution in [0.2, 0.25) is 0 Å². The predicted molar refractivity (Wildman–Crippen MR) is 83.9 cm³/mol. The van der Waals surface area contributed by atoms with Crippen molar-refractivity contribution in [1.29, 1.82) is 0 Å². The second kappa shape index (κ2) is 8.84. The van der Waals surface area contributed by atoms with Gasteiger partial charge >= 0.3 is 12.0 Å². The molecule has 6 heteroatoms. The number of hydrogen-bond donors (Lipinski definition) is 3. The number of anilines is 2. The van der Waals surface area contributed by atoms with Crippen LogP contribution in [0, 0.1) is 0 Å². The second-order valence-electron chi connectivity index (χ2n) is 4.60. The van der Waals surface area contributed by atoms with Crippen LogP contribution in [0.25, 0.3) is 0 Å². The summed E-state index contributed by atoms with van der Waals surface area (Å²) in [5.74, 6) is -0.857. The molecule has 1 aromatic rings. The van der Waals surface area contributed by atoms with E-state index in [9.17, 15) is 9.59 Å². The maximum Gasteiger partial charge on any atom is 0.319 e. The Bertz CT molecular complexity index is 456. The number of hydrogen-bond acceptors (Lipinski definition) is 3. The lowest BCUT2D eigenvalue weighted by Crippen LogP contribution is -2.29. The number of amides is 2. The zero-order valence-corrected chi connectivity index (χ0v) is 12.6. The van der Waals surface area contributed by atoms with Gasteiger partial charge < -0.3 is 20.6 Å². The number of rotatable bonds is 8. The summed E-state index contributed by atoms with van der Waals surface area (Å²) < 4.78 is 0. The summed E-state index contributed by atoms with van der Waals surface area (Å²) in [6.07, 6.45) is 0.475. The highest BCUT2D eigenvalue weighted by atomic mass is 16.4. The van der Waals surface area contributed by atoms with Gasteiger partial charge in [-0.05, 0) is 44.5 Å². The Hall–Kier alpha value is -2.24. The fourth-order valence-electron chi connectivity index (χ4n) is 1.96. The number of carboxylic acid groups (broad SMARTS) is 1. The highest BCUT2D eigenvalue weighted by Crippen LogP contribution is 2.17. The second-order valence-corrected chi connectivity index (χ2v) is 4.60. The minimum atomic E-state index is -0.857. The first-order valence-electron chi connectivity index (χ1n) is 7.18. The van der Waals surface area contributed by atoms with Crippen molar-refractivity contribution >= 4 is 23.4 Å². The summed E-state index contributed by atoms with van der Waals surface area (Å²) in [6, 6.07) is 7.31. The molecule has 1 aromatic carbocycles. The topological polar surface area (TPSA) is 81.7 Å². The first kappa shape index (κ1) is 16.8. The van der Waals surface area contributed by atoms with Crippen molar-refractivity contribution in [2.45, 2.75) is 26.7 Å². The molecule has 0 unspecified atom stereocenters. The van der Waals surface area contributed by atoms with Crippen LogP contribution in [0.5, 0.6) is 0 Å². The molecule has 0 aliphatic carbocycles. The van der Waals surface area contributed by atoms with Crippen LogP contribution < -0.4 is 15.5 Å². The standard InChI is InChI=1S/C15H23N3O3/c1-3-18(4-2)13-9-7-12(8-10-13)17-15(21)16-11-5-6-14(19)20/h7-10H,3-6,11H2,1-2H3,(H,19,20)(H2,16,17,21). The largest absolute Gasteiger partial charge is 0.481 e. The molecule has 0 bridgehead atoms. The summed E-state index contributed by atoms with van der Waals surface area (Å²) in [5, 5.41) is 13.8. The SMILES string of the molecule is CCN(CC)c1ccc(NC(=O)NCCCC(=O)O)cc1. The molecule has 0 atom stereocenters. The molecule has 6 nitrogen and oxygen atoms in total. The lowest BCUT2D eigenvalue weighted by molar-refractivity contribution is -0.137. The van der Waals surface area contributed by atoms with E-state index in [1.54, 1.807) is 0 Å². The molecule has 0 radical (unpaired) electrons. The fourth-order valence-corrected chi connectivity index (χ4v) is 1.96. The molecule has 0 saturated carbocycles. The van der Waals surface area contributed by atoms with Crippen LogP contribution in [-0.2, 0) is 4.79 Å². The third-order valence-corrected chi connectivity index (χ3v) is 3.11. The number of carbonyl (C=O) groups excluding carboxylic acids is 1. The summed E-state index contributed by atoms with van der Waals surface area (Å²) in [7, 11) is 0. The molecule has 21 heavy (non-hydrogen) atoms. The van der Waals surface area contributed by atoms with E-state index in [2.05, 4.69) is 29.4 Å². The average molecular weight is 293 g/mol. The van der Waals surface area contributed by atoms with Crippen LogP contribution in [-0.4, -0.2) is 36.7 Å². The summed E-state index contributed by atoms with van der Waals surface area (Å²) in [4.78, 5) is 24.2. The minimum Gasteiger partial charge on any atom is -0.481 e. The third-order valence-electron chi connectivity index (χ3n) is 3.11. The third kappa shape index (κ3) is 6.16. The van der Waals surface area contributed by atoms with E-state index in [0.29, 0.717) is 18.7 Å². The van der Waals surface area contributed by atoms with Crippen molar-refractivity contribution in [3.05, 3.63) is 24.3 Å². The summed E-state index contributed by atoms with van der Waals surface area (Å²) in [6.45, 7) is 6.41. The molecule has 0 heterocycles. The van der Waals surface area contributed by atoms with Crippen molar-refractivity contribution in [3.8, 4) is 0 Å². The van der Waals surface area contributed by atoms with E-state index < -0.39 is 5.97 Å². The van der Waals surface area contributed by atoms with Crippen LogP contribution in [0.4, 0.5) is 16.2 Å². The van der Waals surface area contributed by atoms with Crippen molar-refractivity contribution in [3.63, 3.8) is 0 Å². The zero-order valence-electron chi connectivity index (χ0n) is 12.6. The Morgan fingerprint density at radius 1 is 1.14 bits per heavy atom. The first-order chi connectivity index (χ1) is 10.1. The Kier molecular flexibility index (Phi) is 7.08. The smallest absolute Gasteiger partial charge is 0.319 e. The number of benzene rings is 1. The van der Waals surface area contributed by atoms with Crippen molar-refractivity contribution < 1.29 is 14.7 Å². The molecule has 3 N–H and O–H groups in total. The fraction of sp³-hybridized carbons (Fsp3) is 0.467. The van der Waals surface area contributed by atoms with Crippen molar-refractivity contribution in [2.24, 2.45) is 0 Å². The van der Waals surface area contributed by atoms with Gasteiger partial charge in [-0.2, -0.15) is 0 Å². The molecule has 0 saturated heterocycles. The molecule has 2 amide bonds. The van der Waals surface area contributed by atoms with Gasteiger partial charge in [0.05, 0.1) is 0 Å². The van der Waals surface area contributed by atoms with Gasteiger partial charge in [-0.15, -0.1) is 0 Å². The van der Waals surface area contributed by atoms with Crippen molar-refractivity contribution in [1.82, 2.24) is 5.32 Å². The van der Waals surface area contributed by atoms with Gasteiger partial charge in [-0.3, -0.25) is 4.79 Å². The number of aliphatic carboxylic acids is 1. The number of nitrogens with zero attached hydrogens (tertiary/aromatic N) is 1. The van der Waals surface area contributed by atoms with E-state index in [1.807, 2.05) is 24.3 Å². The van der Waals surface area contributed by atoms with Gasteiger partial charge in [0.2, 0.25) is 0 Å². The van der Waals surface area contributed by atoms with Crippen LogP contribution >= 0.6 is 0 Å². The van der Waals surface area contributed by atoms with Crippen LogP contribution in [0.1, 0.15) is 26.7 Å². The van der Waals surface area contributed by atoms with Gasteiger partial charge in [-0.25, -0.2) is 4.79 Å². The number of carboxylic acids is 1. The predicted octanol–water partition coefficient (Wildman–Crippen LogP) is 2.52. The highest BCUT2D eigenvalue weighted by molar-refractivity contribution is 5.89. The number of nitrogens with one attached hydrogen (secondary N) is 2. The lowest BCUT2D eigenvalue weighted by Gasteiger charge is -2.21. The van der Waals surface area contributed by atoms with Gasteiger partial charge in [-0.1, -0.05) is 0 Å². The monoisotopic (exact) mass is 293 g/mol. The zero-order chi connectivity index (χ0) is 15.7. The molecule has 0 fully saturated rings. The average Bonchev–Trinajstić information content (AvgIpc) is 2.46. The van der Waals surface area contributed by atoms with E-state index in [-0.39, 0.29) is 12.5 Å². The van der Waals surface area contributed by atoms with E-state index in [1.165, 1.54) is 0 Å². The maximum absolute atomic E-state index is 11.6.